The van der Waals surface area contributed by atoms with Crippen LogP contribution in [0.1, 0.15) is 16.7 Å². The van der Waals surface area contributed by atoms with E-state index in [0.717, 1.165) is 46.9 Å². The molecule has 1 N–H and O–H groups in total. The number of rotatable bonds is 10. The Morgan fingerprint density at radius 2 is 1.45 bits per heavy atom. The van der Waals surface area contributed by atoms with Crippen LogP contribution in [0.5, 0.6) is 17.2 Å². The highest BCUT2D eigenvalue weighted by Crippen LogP contribution is 2.28. The molecule has 0 aliphatic rings. The van der Waals surface area contributed by atoms with E-state index in [1.807, 2.05) is 42.5 Å². The highest BCUT2D eigenvalue weighted by molar-refractivity contribution is 6.35. The molecule has 0 amide bonds. The highest BCUT2D eigenvalue weighted by Gasteiger charge is 2.08. The van der Waals surface area contributed by atoms with Gasteiger partial charge in [-0.15, -0.1) is 0 Å². The molecule has 0 bridgehead atoms. The van der Waals surface area contributed by atoms with Crippen LogP contribution >= 0.6 is 34.8 Å². The number of hydrogen-bond acceptors (Lipinski definition) is 4. The molecule has 0 aliphatic carbocycles. The maximum atomic E-state index is 6.25. The molecule has 0 fully saturated rings. The molecule has 3 aromatic rings. The molecule has 3 rings (SSSR count). The lowest BCUT2D eigenvalue weighted by Crippen LogP contribution is -2.17. The van der Waals surface area contributed by atoms with E-state index in [0.29, 0.717) is 28.2 Å². The van der Waals surface area contributed by atoms with Gasteiger partial charge in [0.05, 0.1) is 14.2 Å². The monoisotopic (exact) mass is 479 g/mol. The van der Waals surface area contributed by atoms with Crippen molar-refractivity contribution in [2.24, 2.45) is 0 Å². The number of hydrogen-bond donors (Lipinski definition) is 1. The lowest BCUT2D eigenvalue weighted by molar-refractivity contribution is 0.302. The second kappa shape index (κ2) is 11.5. The molecule has 3 aromatic carbocycles. The van der Waals surface area contributed by atoms with Gasteiger partial charge in [0.25, 0.3) is 0 Å². The normalized spacial score (nSPS) is 10.7. The first-order valence-electron chi connectivity index (χ1n) is 9.77. The topological polar surface area (TPSA) is 39.7 Å². The summed E-state index contributed by atoms with van der Waals surface area (Å²) in [7, 11) is 3.27. The van der Waals surface area contributed by atoms with Crippen LogP contribution in [0, 0.1) is 0 Å². The van der Waals surface area contributed by atoms with E-state index in [1.165, 1.54) is 0 Å². The second-order valence-electron chi connectivity index (χ2n) is 6.89. The molecule has 0 heterocycles. The first-order valence-corrected chi connectivity index (χ1v) is 10.9. The summed E-state index contributed by atoms with van der Waals surface area (Å²) >= 11 is 18.4. The van der Waals surface area contributed by atoms with Crippen molar-refractivity contribution in [2.45, 2.75) is 19.6 Å². The zero-order valence-corrected chi connectivity index (χ0v) is 19.7. The van der Waals surface area contributed by atoms with Crippen LogP contribution in [0.2, 0.25) is 15.1 Å². The Morgan fingerprint density at radius 3 is 2.19 bits per heavy atom. The van der Waals surface area contributed by atoms with Crippen molar-refractivity contribution < 1.29 is 14.2 Å². The average molecular weight is 481 g/mol. The first kappa shape index (κ1) is 23.6. The van der Waals surface area contributed by atoms with E-state index in [2.05, 4.69) is 5.32 Å². The minimum atomic E-state index is 0.344. The largest absolute Gasteiger partial charge is 0.493 e. The fourth-order valence-corrected chi connectivity index (χ4v) is 3.77. The van der Waals surface area contributed by atoms with Crippen LogP contribution in [0.15, 0.2) is 54.6 Å². The summed E-state index contributed by atoms with van der Waals surface area (Å²) in [6.45, 7) is 1.75. The van der Waals surface area contributed by atoms with E-state index in [4.69, 9.17) is 49.0 Å². The Kier molecular flexibility index (Phi) is 8.73. The third kappa shape index (κ3) is 6.68. The second-order valence-corrected chi connectivity index (χ2v) is 8.17. The fourth-order valence-electron chi connectivity index (χ4n) is 3.11. The predicted molar refractivity (Wildman–Crippen MR) is 127 cm³/mol. The van der Waals surface area contributed by atoms with E-state index < -0.39 is 0 Å². The molecule has 0 aliphatic heterocycles. The van der Waals surface area contributed by atoms with Crippen LogP contribution in [0.3, 0.4) is 0 Å². The third-order valence-corrected chi connectivity index (χ3v) is 5.60. The summed E-state index contributed by atoms with van der Waals surface area (Å²) in [5, 5.41) is 5.28. The lowest BCUT2D eigenvalue weighted by atomic mass is 10.1. The standard InChI is InChI=1S/C24H24Cl3NO3/c1-29-23-7-3-16(11-24(23)30-2)9-10-28-14-18-12-19(25)6-8-22(18)31-15-17-4-5-20(26)13-21(17)27/h3-8,11-13,28H,9-10,14-15H2,1-2H3. The SMILES string of the molecule is COc1ccc(CCNCc2cc(Cl)ccc2OCc2ccc(Cl)cc2Cl)cc1OC. The van der Waals surface area contributed by atoms with Crippen molar-refractivity contribution in [3.8, 4) is 17.2 Å². The van der Waals surface area contributed by atoms with Gasteiger partial charge in [0.15, 0.2) is 11.5 Å². The van der Waals surface area contributed by atoms with Gasteiger partial charge in [0.2, 0.25) is 0 Å². The summed E-state index contributed by atoms with van der Waals surface area (Å²) < 4.78 is 16.7. The van der Waals surface area contributed by atoms with Gasteiger partial charge in [-0.25, -0.2) is 0 Å². The molecule has 0 spiro atoms. The Balaban J connectivity index is 1.58. The molecule has 164 valence electrons. The van der Waals surface area contributed by atoms with Crippen LogP contribution in [-0.2, 0) is 19.6 Å². The molecule has 0 atom stereocenters. The van der Waals surface area contributed by atoms with Crippen molar-refractivity contribution >= 4 is 34.8 Å². The number of halogens is 3. The van der Waals surface area contributed by atoms with Gasteiger partial charge in [-0.2, -0.15) is 0 Å². The van der Waals surface area contributed by atoms with Crippen molar-refractivity contribution in [3.63, 3.8) is 0 Å². The Labute approximate surface area is 198 Å². The fraction of sp³-hybridized carbons (Fsp3) is 0.250. The first-order chi connectivity index (χ1) is 15.0. The minimum absolute atomic E-state index is 0.344. The van der Waals surface area contributed by atoms with Crippen molar-refractivity contribution in [2.75, 3.05) is 20.8 Å². The van der Waals surface area contributed by atoms with Gasteiger partial charge >= 0.3 is 0 Å². The average Bonchev–Trinajstić information content (AvgIpc) is 2.77. The molecular formula is C24H24Cl3NO3. The third-order valence-electron chi connectivity index (χ3n) is 4.77. The smallest absolute Gasteiger partial charge is 0.160 e. The predicted octanol–water partition coefficient (Wildman–Crippen LogP) is 6.58. The minimum Gasteiger partial charge on any atom is -0.493 e. The Bertz CT molecular complexity index is 1030. The van der Waals surface area contributed by atoms with Gasteiger partial charge in [-0.05, 0) is 61.0 Å². The molecule has 0 radical (unpaired) electrons. The molecule has 0 saturated heterocycles. The van der Waals surface area contributed by atoms with Crippen molar-refractivity contribution in [3.05, 3.63) is 86.4 Å². The van der Waals surface area contributed by atoms with Gasteiger partial charge in [-0.1, -0.05) is 46.9 Å². The zero-order valence-electron chi connectivity index (χ0n) is 17.4. The number of nitrogens with one attached hydrogen (secondary N) is 1. The molecule has 0 aromatic heterocycles. The Hall–Kier alpha value is -2.11. The molecule has 31 heavy (non-hydrogen) atoms. The van der Waals surface area contributed by atoms with Crippen molar-refractivity contribution in [1.82, 2.24) is 5.32 Å². The summed E-state index contributed by atoms with van der Waals surface area (Å²) in [6, 6.07) is 16.9. The van der Waals surface area contributed by atoms with Crippen LogP contribution in [0.4, 0.5) is 0 Å². The van der Waals surface area contributed by atoms with E-state index >= 15 is 0 Å². The molecule has 0 unspecified atom stereocenters. The van der Waals surface area contributed by atoms with Crippen LogP contribution in [-0.4, -0.2) is 20.8 Å². The maximum Gasteiger partial charge on any atom is 0.160 e. The van der Waals surface area contributed by atoms with E-state index in [-0.39, 0.29) is 0 Å². The molecular weight excluding hydrogens is 457 g/mol. The molecule has 7 heteroatoms. The summed E-state index contributed by atoms with van der Waals surface area (Å²) in [4.78, 5) is 0. The van der Waals surface area contributed by atoms with Gasteiger partial charge < -0.3 is 19.5 Å². The molecule has 4 nitrogen and oxygen atoms in total. The van der Waals surface area contributed by atoms with E-state index in [1.54, 1.807) is 26.4 Å². The lowest BCUT2D eigenvalue weighted by Gasteiger charge is -2.14. The quantitative estimate of drug-likeness (QED) is 0.333. The van der Waals surface area contributed by atoms with Gasteiger partial charge in [0.1, 0.15) is 12.4 Å². The number of methoxy groups -OCH3 is 2. The summed E-state index contributed by atoms with van der Waals surface area (Å²) in [5.74, 6) is 2.21. The van der Waals surface area contributed by atoms with Gasteiger partial charge in [-0.3, -0.25) is 0 Å². The van der Waals surface area contributed by atoms with Crippen LogP contribution < -0.4 is 19.5 Å². The summed E-state index contributed by atoms with van der Waals surface area (Å²) in [6.07, 6.45) is 0.845. The summed E-state index contributed by atoms with van der Waals surface area (Å²) in [5.41, 5.74) is 3.00. The van der Waals surface area contributed by atoms with E-state index in [9.17, 15) is 0 Å². The highest BCUT2D eigenvalue weighted by atomic mass is 35.5. The number of ether oxygens (including phenoxy) is 3. The maximum absolute atomic E-state index is 6.25. The van der Waals surface area contributed by atoms with Crippen molar-refractivity contribution in [1.29, 1.82) is 0 Å². The zero-order chi connectivity index (χ0) is 22.2. The molecule has 0 saturated carbocycles. The van der Waals surface area contributed by atoms with Crippen LogP contribution in [0.25, 0.3) is 0 Å². The Morgan fingerprint density at radius 1 is 0.742 bits per heavy atom. The van der Waals surface area contributed by atoms with Gasteiger partial charge in [0, 0.05) is 32.7 Å². The number of benzene rings is 3.